The van der Waals surface area contributed by atoms with Gasteiger partial charge in [0.15, 0.2) is 18.1 Å². The molecular weight excluding hydrogens is 424 g/mol. The van der Waals surface area contributed by atoms with Crippen molar-refractivity contribution < 1.29 is 37.3 Å². The summed E-state index contributed by atoms with van der Waals surface area (Å²) in [5, 5.41) is 2.64. The first-order chi connectivity index (χ1) is 15.4. The molecule has 2 rings (SSSR count). The molecular formula is C23H27F2NO6. The molecule has 2 aromatic carbocycles. The van der Waals surface area contributed by atoms with E-state index in [0.717, 1.165) is 12.0 Å². The minimum atomic E-state index is -2.87. The van der Waals surface area contributed by atoms with Crippen LogP contribution in [-0.2, 0) is 16.0 Å². The summed E-state index contributed by atoms with van der Waals surface area (Å²) in [6.45, 7) is 1.73. The fourth-order valence-electron chi connectivity index (χ4n) is 2.68. The Kier molecular flexibility index (Phi) is 10.2. The van der Waals surface area contributed by atoms with E-state index in [4.69, 9.17) is 14.2 Å². The highest BCUT2D eigenvalue weighted by Gasteiger charge is 2.14. The van der Waals surface area contributed by atoms with Crippen LogP contribution in [0.3, 0.4) is 0 Å². The van der Waals surface area contributed by atoms with E-state index in [9.17, 15) is 18.4 Å². The maximum atomic E-state index is 12.3. The highest BCUT2D eigenvalue weighted by atomic mass is 19.3. The standard InChI is InChI=1S/C23H27F2NO6/c1-3-13-30-19-10-7-17(14-20(19)29-4-2)22(28)31-15-21(27)26-12-11-16-5-8-18(9-6-16)32-23(24)25/h5-10,14,23H,3-4,11-13,15H2,1-2H3,(H,26,27). The third kappa shape index (κ3) is 8.41. The molecule has 0 saturated heterocycles. The Labute approximate surface area is 185 Å². The van der Waals surface area contributed by atoms with Crippen molar-refractivity contribution in [1.29, 1.82) is 0 Å². The zero-order chi connectivity index (χ0) is 23.3. The topological polar surface area (TPSA) is 83.1 Å². The van der Waals surface area contributed by atoms with Gasteiger partial charge in [0.25, 0.3) is 5.91 Å². The number of carbonyl (C=O) groups excluding carboxylic acids is 2. The molecule has 0 radical (unpaired) electrons. The van der Waals surface area contributed by atoms with Crippen molar-refractivity contribution in [2.45, 2.75) is 33.3 Å². The second-order valence-electron chi connectivity index (χ2n) is 6.64. The lowest BCUT2D eigenvalue weighted by atomic mass is 10.1. The Morgan fingerprint density at radius 3 is 2.41 bits per heavy atom. The average molecular weight is 451 g/mol. The van der Waals surface area contributed by atoms with Crippen molar-refractivity contribution in [2.75, 3.05) is 26.4 Å². The van der Waals surface area contributed by atoms with Crippen LogP contribution >= 0.6 is 0 Å². The third-order valence-electron chi connectivity index (χ3n) is 4.16. The van der Waals surface area contributed by atoms with Gasteiger partial charge in [-0.3, -0.25) is 4.79 Å². The smallest absolute Gasteiger partial charge is 0.387 e. The number of nitrogens with one attached hydrogen (secondary N) is 1. The minimum absolute atomic E-state index is 0.0668. The predicted octanol–water partition coefficient (Wildman–Crippen LogP) is 3.99. The summed E-state index contributed by atoms with van der Waals surface area (Å²) in [5.41, 5.74) is 1.08. The number of ether oxygens (including phenoxy) is 4. The molecule has 0 bridgehead atoms. The van der Waals surface area contributed by atoms with Gasteiger partial charge in [0.1, 0.15) is 5.75 Å². The predicted molar refractivity (Wildman–Crippen MR) is 113 cm³/mol. The summed E-state index contributed by atoms with van der Waals surface area (Å²) in [7, 11) is 0. The van der Waals surface area contributed by atoms with E-state index in [1.54, 1.807) is 24.3 Å². The van der Waals surface area contributed by atoms with Crippen molar-refractivity contribution in [3.8, 4) is 17.2 Å². The Hall–Kier alpha value is -3.36. The number of halogens is 2. The summed E-state index contributed by atoms with van der Waals surface area (Å²) in [5.74, 6) is -0.0690. The van der Waals surface area contributed by atoms with Gasteiger partial charge in [-0.25, -0.2) is 4.79 Å². The van der Waals surface area contributed by atoms with Gasteiger partial charge in [-0.15, -0.1) is 0 Å². The van der Waals surface area contributed by atoms with Gasteiger partial charge >= 0.3 is 12.6 Å². The number of benzene rings is 2. The summed E-state index contributed by atoms with van der Waals surface area (Å²) in [6.07, 6.45) is 1.31. The van der Waals surface area contributed by atoms with Crippen molar-refractivity contribution in [3.05, 3.63) is 53.6 Å². The molecule has 0 unspecified atom stereocenters. The number of alkyl halides is 2. The van der Waals surface area contributed by atoms with Crippen LogP contribution in [0.4, 0.5) is 8.78 Å². The SMILES string of the molecule is CCCOc1ccc(C(=O)OCC(=O)NCCc2ccc(OC(F)F)cc2)cc1OCC. The van der Waals surface area contributed by atoms with E-state index in [-0.39, 0.29) is 11.3 Å². The molecule has 0 saturated carbocycles. The summed E-state index contributed by atoms with van der Waals surface area (Å²) >= 11 is 0. The van der Waals surface area contributed by atoms with E-state index >= 15 is 0 Å². The van der Waals surface area contributed by atoms with Crippen molar-refractivity contribution in [1.82, 2.24) is 5.32 Å². The number of hydrogen-bond donors (Lipinski definition) is 1. The Morgan fingerprint density at radius 2 is 1.75 bits per heavy atom. The lowest BCUT2D eigenvalue weighted by Crippen LogP contribution is -2.30. The first kappa shape index (κ1) is 24.9. The van der Waals surface area contributed by atoms with Crippen LogP contribution in [0.2, 0.25) is 0 Å². The molecule has 0 fully saturated rings. The average Bonchev–Trinajstić information content (AvgIpc) is 2.77. The molecule has 2 aromatic rings. The number of esters is 1. The lowest BCUT2D eigenvalue weighted by Gasteiger charge is -2.13. The van der Waals surface area contributed by atoms with Gasteiger partial charge in [-0.05, 0) is 55.7 Å². The van der Waals surface area contributed by atoms with Crippen LogP contribution in [0, 0.1) is 0 Å². The van der Waals surface area contributed by atoms with E-state index in [0.29, 0.717) is 37.7 Å². The second kappa shape index (κ2) is 13.1. The van der Waals surface area contributed by atoms with Crippen LogP contribution in [0.5, 0.6) is 17.2 Å². The van der Waals surface area contributed by atoms with Crippen LogP contribution in [-0.4, -0.2) is 44.9 Å². The molecule has 1 amide bonds. The molecule has 1 N–H and O–H groups in total. The van der Waals surface area contributed by atoms with E-state index < -0.39 is 25.1 Å². The second-order valence-corrected chi connectivity index (χ2v) is 6.64. The lowest BCUT2D eigenvalue weighted by molar-refractivity contribution is -0.124. The van der Waals surface area contributed by atoms with Crippen LogP contribution in [0.15, 0.2) is 42.5 Å². The maximum Gasteiger partial charge on any atom is 0.387 e. The highest BCUT2D eigenvalue weighted by molar-refractivity contribution is 5.92. The van der Waals surface area contributed by atoms with E-state index in [2.05, 4.69) is 10.1 Å². The fraction of sp³-hybridized carbons (Fsp3) is 0.391. The quantitative estimate of drug-likeness (QED) is 0.464. The van der Waals surface area contributed by atoms with Crippen LogP contribution in [0.25, 0.3) is 0 Å². The van der Waals surface area contributed by atoms with Gasteiger partial charge in [-0.2, -0.15) is 8.78 Å². The summed E-state index contributed by atoms with van der Waals surface area (Å²) in [6, 6.07) is 10.8. The maximum absolute atomic E-state index is 12.3. The third-order valence-corrected chi connectivity index (χ3v) is 4.16. The molecule has 0 aliphatic heterocycles. The molecule has 7 nitrogen and oxygen atoms in total. The highest BCUT2D eigenvalue weighted by Crippen LogP contribution is 2.29. The Morgan fingerprint density at radius 1 is 1.00 bits per heavy atom. The van der Waals surface area contributed by atoms with E-state index in [1.807, 2.05) is 13.8 Å². The Balaban J connectivity index is 1.78. The van der Waals surface area contributed by atoms with Gasteiger partial charge in [0.2, 0.25) is 0 Å². The van der Waals surface area contributed by atoms with Crippen molar-refractivity contribution in [2.24, 2.45) is 0 Å². The number of amides is 1. The number of rotatable bonds is 13. The molecule has 0 aliphatic rings. The van der Waals surface area contributed by atoms with Crippen molar-refractivity contribution >= 4 is 11.9 Å². The Bertz CT molecular complexity index is 873. The zero-order valence-electron chi connectivity index (χ0n) is 18.1. The zero-order valence-corrected chi connectivity index (χ0v) is 18.1. The normalized spacial score (nSPS) is 10.5. The van der Waals surface area contributed by atoms with E-state index in [1.165, 1.54) is 18.2 Å². The fourth-order valence-corrected chi connectivity index (χ4v) is 2.68. The molecule has 0 spiro atoms. The number of carbonyl (C=O) groups is 2. The summed E-state index contributed by atoms with van der Waals surface area (Å²) < 4.78 is 44.8. The van der Waals surface area contributed by atoms with Crippen LogP contribution in [0.1, 0.15) is 36.2 Å². The van der Waals surface area contributed by atoms with Crippen LogP contribution < -0.4 is 19.5 Å². The first-order valence-corrected chi connectivity index (χ1v) is 10.3. The van der Waals surface area contributed by atoms with Gasteiger partial charge in [-0.1, -0.05) is 19.1 Å². The monoisotopic (exact) mass is 451 g/mol. The van der Waals surface area contributed by atoms with Crippen molar-refractivity contribution in [3.63, 3.8) is 0 Å². The molecule has 0 aromatic heterocycles. The molecule has 9 heteroatoms. The largest absolute Gasteiger partial charge is 0.490 e. The molecule has 32 heavy (non-hydrogen) atoms. The van der Waals surface area contributed by atoms with Gasteiger partial charge in [0, 0.05) is 6.54 Å². The van der Waals surface area contributed by atoms with Gasteiger partial charge < -0.3 is 24.3 Å². The minimum Gasteiger partial charge on any atom is -0.490 e. The number of hydrogen-bond acceptors (Lipinski definition) is 6. The van der Waals surface area contributed by atoms with Gasteiger partial charge in [0.05, 0.1) is 18.8 Å². The molecule has 174 valence electrons. The first-order valence-electron chi connectivity index (χ1n) is 10.3. The molecule has 0 heterocycles. The molecule has 0 aliphatic carbocycles. The molecule has 0 atom stereocenters. The summed E-state index contributed by atoms with van der Waals surface area (Å²) in [4.78, 5) is 24.2.